The Balaban J connectivity index is 1.23. The van der Waals surface area contributed by atoms with Crippen molar-refractivity contribution in [2.45, 2.75) is 74.8 Å². The molecule has 70 heavy (non-hydrogen) atoms. The van der Waals surface area contributed by atoms with Gasteiger partial charge in [-0.05, 0) is 87.4 Å². The summed E-state index contributed by atoms with van der Waals surface area (Å²) in [5, 5.41) is 7.99. The second-order valence-electron chi connectivity index (χ2n) is 19.4. The Bertz CT molecular complexity index is 2850. The number of nitrogens with one attached hydrogen (secondary N) is 1. The van der Waals surface area contributed by atoms with Crippen molar-refractivity contribution in [1.29, 1.82) is 0 Å². The first kappa shape index (κ1) is 49.4. The van der Waals surface area contributed by atoms with E-state index in [1.165, 1.54) is 4.57 Å². The maximum atomic E-state index is 14.7. The van der Waals surface area contributed by atoms with E-state index < -0.39 is 48.9 Å². The molecule has 2 heterocycles. The summed E-state index contributed by atoms with van der Waals surface area (Å²) in [6, 6.07) is 58.2. The van der Waals surface area contributed by atoms with Crippen LogP contribution in [-0.4, -0.2) is 57.1 Å². The van der Waals surface area contributed by atoms with Crippen LogP contribution in [0.25, 0.3) is 10.4 Å². The molecule has 0 amide bonds. The molecule has 12 nitrogen and oxygen atoms in total. The van der Waals surface area contributed by atoms with E-state index in [1.807, 2.05) is 116 Å². The van der Waals surface area contributed by atoms with E-state index in [2.05, 4.69) is 110 Å². The molecule has 0 radical (unpaired) electrons. The zero-order valence-corrected chi connectivity index (χ0v) is 42.2. The highest BCUT2D eigenvalue weighted by atomic mass is 28.4. The maximum Gasteiger partial charge on any atom is 0.351 e. The van der Waals surface area contributed by atoms with Crippen LogP contribution in [0.15, 0.2) is 192 Å². The molecule has 1 saturated heterocycles. The summed E-state index contributed by atoms with van der Waals surface area (Å²) >= 11 is 0. The number of methoxy groups -OCH3 is 2. The van der Waals surface area contributed by atoms with Gasteiger partial charge in [-0.25, -0.2) is 4.79 Å². The highest BCUT2D eigenvalue weighted by molar-refractivity contribution is 6.74. The molecule has 6 aromatic carbocycles. The first-order valence-corrected chi connectivity index (χ1v) is 26.5. The smallest absolute Gasteiger partial charge is 0.351 e. The Morgan fingerprint density at radius 3 is 1.59 bits per heavy atom. The highest BCUT2D eigenvalue weighted by Crippen LogP contribution is 2.49. The second-order valence-corrected chi connectivity index (χ2v) is 24.2. The normalized spacial score (nSPS) is 18.4. The zero-order valence-electron chi connectivity index (χ0n) is 41.2. The second kappa shape index (κ2) is 20.5. The lowest BCUT2D eigenvalue weighted by molar-refractivity contribution is -0.137. The fraction of sp³-hybridized carbons (Fsp3) is 0.298. The van der Waals surface area contributed by atoms with Crippen LogP contribution in [0.5, 0.6) is 11.5 Å². The van der Waals surface area contributed by atoms with Crippen molar-refractivity contribution in [3.05, 3.63) is 236 Å². The third-order valence-electron chi connectivity index (χ3n) is 14.3. The first-order valence-electron chi connectivity index (χ1n) is 23.6. The van der Waals surface area contributed by atoms with Gasteiger partial charge in [0.25, 0.3) is 0 Å². The van der Waals surface area contributed by atoms with Crippen LogP contribution in [0.1, 0.15) is 67.3 Å². The maximum absolute atomic E-state index is 14.7. The molecule has 360 valence electrons. The molecule has 8 rings (SSSR count). The van der Waals surface area contributed by atoms with Gasteiger partial charge in [-0.2, -0.15) is 4.98 Å². The van der Waals surface area contributed by atoms with E-state index in [0.29, 0.717) is 11.6 Å². The zero-order chi connectivity index (χ0) is 49.6. The Labute approximate surface area is 412 Å². The van der Waals surface area contributed by atoms with Crippen LogP contribution in [0.4, 0.5) is 5.82 Å². The number of rotatable bonds is 18. The number of benzene rings is 6. The van der Waals surface area contributed by atoms with Gasteiger partial charge in [0.1, 0.15) is 35.2 Å². The van der Waals surface area contributed by atoms with E-state index in [4.69, 9.17) is 28.4 Å². The largest absolute Gasteiger partial charge is 0.497 e. The fourth-order valence-electron chi connectivity index (χ4n) is 9.43. The Hall–Kier alpha value is -6.99. The molecule has 1 aromatic heterocycles. The third kappa shape index (κ3) is 9.51. The summed E-state index contributed by atoms with van der Waals surface area (Å²) < 4.78 is 33.8. The average Bonchev–Trinajstić information content (AvgIpc) is 3.66. The number of hydrogen-bond donors (Lipinski definition) is 1. The topological polar surface area (TPSA) is 142 Å². The van der Waals surface area contributed by atoms with E-state index in [0.717, 1.165) is 39.1 Å². The molecule has 1 aliphatic rings. The molecule has 0 bridgehead atoms. The molecular weight excluding hydrogens is 893 g/mol. The minimum absolute atomic E-state index is 0.101. The minimum atomic E-state index is -2.49. The first-order chi connectivity index (χ1) is 33.7. The fourth-order valence-corrected chi connectivity index (χ4v) is 10.4. The third-order valence-corrected chi connectivity index (χ3v) is 18.8. The van der Waals surface area contributed by atoms with Gasteiger partial charge >= 0.3 is 5.69 Å². The van der Waals surface area contributed by atoms with E-state index in [-0.39, 0.29) is 18.3 Å². The van der Waals surface area contributed by atoms with Gasteiger partial charge in [-0.1, -0.05) is 178 Å². The van der Waals surface area contributed by atoms with Crippen molar-refractivity contribution in [1.82, 2.24) is 9.55 Å². The van der Waals surface area contributed by atoms with Gasteiger partial charge in [0.05, 0.1) is 32.8 Å². The van der Waals surface area contributed by atoms with Crippen molar-refractivity contribution in [2.24, 2.45) is 11.0 Å². The molecule has 0 aliphatic carbocycles. The lowest BCUT2D eigenvalue weighted by atomic mass is 9.70. The molecule has 7 aromatic rings. The predicted molar refractivity (Wildman–Crippen MR) is 278 cm³/mol. The summed E-state index contributed by atoms with van der Waals surface area (Å²) in [6.07, 6.45) is -0.209. The molecule has 1 N–H and O–H groups in total. The minimum Gasteiger partial charge on any atom is -0.497 e. The van der Waals surface area contributed by atoms with Crippen molar-refractivity contribution < 1.29 is 23.4 Å². The van der Waals surface area contributed by atoms with Gasteiger partial charge in [0.15, 0.2) is 14.0 Å². The number of azide groups is 1. The Kier molecular flexibility index (Phi) is 14.5. The number of ether oxygens (including phenoxy) is 4. The molecule has 4 atom stereocenters. The van der Waals surface area contributed by atoms with Gasteiger partial charge in [-0.15, -0.1) is 0 Å². The summed E-state index contributed by atoms with van der Waals surface area (Å²) in [7, 11) is 0.801. The van der Waals surface area contributed by atoms with Crippen molar-refractivity contribution >= 4 is 14.1 Å². The number of hydrogen-bond acceptors (Lipinski definition) is 9. The van der Waals surface area contributed by atoms with Crippen molar-refractivity contribution in [3.8, 4) is 11.5 Å². The van der Waals surface area contributed by atoms with Gasteiger partial charge in [0, 0.05) is 17.0 Å². The van der Waals surface area contributed by atoms with Gasteiger partial charge < -0.3 is 28.7 Å². The van der Waals surface area contributed by atoms with Crippen LogP contribution in [0, 0.1) is 5.92 Å². The van der Waals surface area contributed by atoms with Gasteiger partial charge in [-0.3, -0.25) is 4.57 Å². The number of aromatic nitrogens is 2. The van der Waals surface area contributed by atoms with Gasteiger partial charge in [0.2, 0.25) is 0 Å². The highest BCUT2D eigenvalue weighted by Gasteiger charge is 2.57. The number of anilines is 1. The summed E-state index contributed by atoms with van der Waals surface area (Å²) in [5.41, 5.74) is 12.0. The monoisotopic (exact) mass is 954 g/mol. The van der Waals surface area contributed by atoms with Crippen LogP contribution in [0.2, 0.25) is 18.1 Å². The molecule has 0 unspecified atom stereocenters. The van der Waals surface area contributed by atoms with E-state index in [1.54, 1.807) is 26.5 Å². The Morgan fingerprint density at radius 1 is 0.700 bits per heavy atom. The number of nitrogens with zero attached hydrogens (tertiary/aromatic N) is 5. The quantitative estimate of drug-likeness (QED) is 0.0295. The van der Waals surface area contributed by atoms with Crippen LogP contribution >= 0.6 is 0 Å². The summed E-state index contributed by atoms with van der Waals surface area (Å²) in [6.45, 7) is 12.7. The molecule has 1 fully saturated rings. The lowest BCUT2D eigenvalue weighted by Gasteiger charge is -2.41. The predicted octanol–water partition coefficient (Wildman–Crippen LogP) is 12.3. The van der Waals surface area contributed by atoms with Crippen LogP contribution < -0.4 is 20.5 Å². The van der Waals surface area contributed by atoms with Crippen LogP contribution in [-0.2, 0) is 24.9 Å². The van der Waals surface area contributed by atoms with Crippen LogP contribution in [0.3, 0.4) is 0 Å². The standard InChI is InChI=1S/C57H62N6O6Si/c1-41-51(67-39-55(42-21-13-9-14-22-42,43-23-15-10-16-24-43)44-29-33-48(65-5)34-30-44)56(61-62-58,40-68-70(7,8)54(2,3)4)69-52(41)63-38-37-50(59-53(63)64)60-57(45-25-17-11-18-26-45,46-27-19-12-20-28-46)47-31-35-49(66-6)36-32-47/h9-38,41,51-52H,39-40H2,1-8H3,(H,59,60,64)/t41-,51-,52+,56+/m0/s1. The molecule has 0 saturated carbocycles. The Morgan fingerprint density at radius 2 is 1.14 bits per heavy atom. The van der Waals surface area contributed by atoms with Crippen molar-refractivity contribution in [3.63, 3.8) is 0 Å². The average molecular weight is 955 g/mol. The summed E-state index contributed by atoms with van der Waals surface area (Å²) in [5.74, 6) is 1.20. The van der Waals surface area contributed by atoms with E-state index in [9.17, 15) is 10.3 Å². The summed E-state index contributed by atoms with van der Waals surface area (Å²) in [4.78, 5) is 22.8. The van der Waals surface area contributed by atoms with Crippen molar-refractivity contribution in [2.75, 3.05) is 32.8 Å². The molecule has 1 aliphatic heterocycles. The lowest BCUT2D eigenvalue weighted by Crippen LogP contribution is -2.51. The molecule has 0 spiro atoms. The SMILES string of the molecule is COc1ccc(C(CO[C@H]2[C@H](C)[C@H](n3ccc(NC(c4ccccc4)(c4ccccc4)c4ccc(OC)cc4)nc3=O)O[C@@]2(CO[Si](C)(C)C(C)(C)C)N=[N+]=[N-])(c2ccccc2)c2ccccc2)cc1. The van der Waals surface area contributed by atoms with E-state index >= 15 is 0 Å². The molecular formula is C57H62N6O6Si. The molecule has 13 heteroatoms.